The highest BCUT2D eigenvalue weighted by atomic mass is 16.6. The summed E-state index contributed by atoms with van der Waals surface area (Å²) in [6, 6.07) is -0.470. The molecule has 0 aliphatic rings. The number of alkyl carbamates (subject to hydrolysis) is 1. The molecule has 0 fully saturated rings. The van der Waals surface area contributed by atoms with Gasteiger partial charge in [0.1, 0.15) is 17.7 Å². The standard InChI is InChI=1S/C13H21N3O3/c1-5-16-8-7-14-11(16)10(6-9-17)15-12(18)19-13(2,3)4/h7-10H,5-6H2,1-4H3,(H,15,18)/t10-/m1/s1. The van der Waals surface area contributed by atoms with E-state index in [0.717, 1.165) is 12.8 Å². The Balaban J connectivity index is 2.79. The highest BCUT2D eigenvalue weighted by Crippen LogP contribution is 2.15. The molecule has 1 aromatic heterocycles. The maximum absolute atomic E-state index is 11.8. The van der Waals surface area contributed by atoms with Crippen molar-refractivity contribution in [2.75, 3.05) is 0 Å². The number of nitrogens with one attached hydrogen (secondary N) is 1. The second-order valence-electron chi connectivity index (χ2n) is 5.17. The lowest BCUT2D eigenvalue weighted by Crippen LogP contribution is -2.36. The summed E-state index contributed by atoms with van der Waals surface area (Å²) in [4.78, 5) is 26.7. The summed E-state index contributed by atoms with van der Waals surface area (Å²) in [5.74, 6) is 0.653. The molecule has 1 amide bonds. The largest absolute Gasteiger partial charge is 0.444 e. The molecule has 6 nitrogen and oxygen atoms in total. The molecule has 1 rings (SSSR count). The molecule has 1 atom stereocenters. The van der Waals surface area contributed by atoms with Crippen LogP contribution < -0.4 is 5.32 Å². The molecule has 6 heteroatoms. The third-order valence-corrected chi connectivity index (χ3v) is 2.42. The Morgan fingerprint density at radius 1 is 1.58 bits per heavy atom. The van der Waals surface area contributed by atoms with E-state index < -0.39 is 17.7 Å². The first-order valence-electron chi connectivity index (χ1n) is 6.31. The van der Waals surface area contributed by atoms with E-state index in [9.17, 15) is 9.59 Å². The smallest absolute Gasteiger partial charge is 0.408 e. The summed E-state index contributed by atoms with van der Waals surface area (Å²) in [6.45, 7) is 8.05. The number of nitrogens with zero attached hydrogens (tertiary/aromatic N) is 2. The highest BCUT2D eigenvalue weighted by molar-refractivity contribution is 5.69. The fraction of sp³-hybridized carbons (Fsp3) is 0.615. The SMILES string of the molecule is CCn1ccnc1[C@@H](CC=O)NC(=O)OC(C)(C)C. The highest BCUT2D eigenvalue weighted by Gasteiger charge is 2.22. The van der Waals surface area contributed by atoms with Crippen LogP contribution in [-0.2, 0) is 16.1 Å². The normalized spacial score (nSPS) is 12.8. The number of hydrogen-bond acceptors (Lipinski definition) is 4. The van der Waals surface area contributed by atoms with Crippen molar-refractivity contribution in [3.8, 4) is 0 Å². The van der Waals surface area contributed by atoms with Gasteiger partial charge in [-0.05, 0) is 27.7 Å². The molecule has 106 valence electrons. The molecule has 0 saturated carbocycles. The van der Waals surface area contributed by atoms with Crippen LogP contribution >= 0.6 is 0 Å². The van der Waals surface area contributed by atoms with Crippen LogP contribution in [0.15, 0.2) is 12.4 Å². The van der Waals surface area contributed by atoms with Crippen LogP contribution in [0.2, 0.25) is 0 Å². The minimum atomic E-state index is -0.573. The van der Waals surface area contributed by atoms with Gasteiger partial charge in [0.05, 0.1) is 6.04 Å². The maximum atomic E-state index is 11.8. The Hall–Kier alpha value is -1.85. The fourth-order valence-corrected chi connectivity index (χ4v) is 1.67. The molecule has 0 aliphatic carbocycles. The second-order valence-corrected chi connectivity index (χ2v) is 5.17. The minimum absolute atomic E-state index is 0.163. The first-order chi connectivity index (χ1) is 8.87. The van der Waals surface area contributed by atoms with E-state index >= 15 is 0 Å². The summed E-state index contributed by atoms with van der Waals surface area (Å²) >= 11 is 0. The molecular formula is C13H21N3O3. The van der Waals surface area contributed by atoms with Gasteiger partial charge < -0.3 is 19.4 Å². The van der Waals surface area contributed by atoms with Crippen molar-refractivity contribution in [1.82, 2.24) is 14.9 Å². The molecule has 1 aromatic rings. The van der Waals surface area contributed by atoms with Gasteiger partial charge >= 0.3 is 6.09 Å². The molecule has 1 heterocycles. The van der Waals surface area contributed by atoms with Crippen LogP contribution in [0.5, 0.6) is 0 Å². The minimum Gasteiger partial charge on any atom is -0.444 e. The van der Waals surface area contributed by atoms with Gasteiger partial charge in [0, 0.05) is 25.4 Å². The van der Waals surface area contributed by atoms with Crippen molar-refractivity contribution >= 4 is 12.4 Å². The van der Waals surface area contributed by atoms with E-state index in [4.69, 9.17) is 4.74 Å². The zero-order chi connectivity index (χ0) is 14.5. The Bertz CT molecular complexity index is 435. The van der Waals surface area contributed by atoms with Crippen LogP contribution in [0.3, 0.4) is 0 Å². The van der Waals surface area contributed by atoms with Gasteiger partial charge in [-0.25, -0.2) is 9.78 Å². The molecule has 0 radical (unpaired) electrons. The molecule has 0 unspecified atom stereocenters. The van der Waals surface area contributed by atoms with Crippen molar-refractivity contribution in [2.24, 2.45) is 0 Å². The quantitative estimate of drug-likeness (QED) is 0.829. The predicted octanol–water partition coefficient (Wildman–Crippen LogP) is 2.06. The monoisotopic (exact) mass is 267 g/mol. The number of aldehydes is 1. The number of carbonyl (C=O) groups is 2. The zero-order valence-corrected chi connectivity index (χ0v) is 11.8. The van der Waals surface area contributed by atoms with Gasteiger partial charge in [0.2, 0.25) is 0 Å². The van der Waals surface area contributed by atoms with E-state index in [1.165, 1.54) is 0 Å². The predicted molar refractivity (Wildman–Crippen MR) is 70.7 cm³/mol. The lowest BCUT2D eigenvalue weighted by molar-refractivity contribution is -0.108. The number of rotatable bonds is 5. The van der Waals surface area contributed by atoms with Crippen LogP contribution in [0.4, 0.5) is 4.79 Å². The average molecular weight is 267 g/mol. The topological polar surface area (TPSA) is 73.2 Å². The number of ether oxygens (including phenoxy) is 1. The van der Waals surface area contributed by atoms with Gasteiger partial charge in [-0.15, -0.1) is 0 Å². The van der Waals surface area contributed by atoms with Crippen molar-refractivity contribution in [2.45, 2.75) is 52.3 Å². The van der Waals surface area contributed by atoms with Crippen LogP contribution in [0, 0.1) is 0 Å². The Labute approximate surface area is 113 Å². The molecule has 1 N–H and O–H groups in total. The number of imidazole rings is 1. The molecular weight excluding hydrogens is 246 g/mol. The molecule has 0 bridgehead atoms. The summed E-state index contributed by atoms with van der Waals surface area (Å²) in [7, 11) is 0. The van der Waals surface area contributed by atoms with Crippen LogP contribution in [0.25, 0.3) is 0 Å². The van der Waals surface area contributed by atoms with Gasteiger partial charge in [-0.1, -0.05) is 0 Å². The number of amides is 1. The van der Waals surface area contributed by atoms with E-state index in [-0.39, 0.29) is 6.42 Å². The Kier molecular flexibility index (Phi) is 5.09. The fourth-order valence-electron chi connectivity index (χ4n) is 1.67. The summed E-state index contributed by atoms with van der Waals surface area (Å²) < 4.78 is 7.06. The number of hydrogen-bond donors (Lipinski definition) is 1. The van der Waals surface area contributed by atoms with Crippen LogP contribution in [-0.4, -0.2) is 27.5 Å². The Morgan fingerprint density at radius 3 is 2.79 bits per heavy atom. The molecule has 0 aromatic carbocycles. The zero-order valence-electron chi connectivity index (χ0n) is 11.8. The summed E-state index contributed by atoms with van der Waals surface area (Å²) in [5, 5.41) is 2.68. The van der Waals surface area contributed by atoms with Crippen LogP contribution in [0.1, 0.15) is 46.0 Å². The third-order valence-electron chi connectivity index (χ3n) is 2.42. The maximum Gasteiger partial charge on any atom is 0.408 e. The van der Waals surface area contributed by atoms with Gasteiger partial charge in [0.15, 0.2) is 0 Å². The number of aromatic nitrogens is 2. The molecule has 0 spiro atoms. The first kappa shape index (κ1) is 15.2. The van der Waals surface area contributed by atoms with Crippen molar-refractivity contribution in [3.63, 3.8) is 0 Å². The lowest BCUT2D eigenvalue weighted by atomic mass is 10.2. The first-order valence-corrected chi connectivity index (χ1v) is 6.31. The van der Waals surface area contributed by atoms with Crippen molar-refractivity contribution in [1.29, 1.82) is 0 Å². The summed E-state index contributed by atoms with van der Waals surface area (Å²) in [5.41, 5.74) is -0.573. The Morgan fingerprint density at radius 2 is 2.26 bits per heavy atom. The van der Waals surface area contributed by atoms with E-state index in [1.54, 1.807) is 27.0 Å². The van der Waals surface area contributed by atoms with Crippen molar-refractivity contribution < 1.29 is 14.3 Å². The molecule has 0 saturated heterocycles. The van der Waals surface area contributed by atoms with Gasteiger partial charge in [-0.2, -0.15) is 0 Å². The van der Waals surface area contributed by atoms with E-state index in [0.29, 0.717) is 5.82 Å². The second kappa shape index (κ2) is 6.36. The third kappa shape index (κ3) is 4.73. The molecule has 0 aliphatic heterocycles. The lowest BCUT2D eigenvalue weighted by Gasteiger charge is -2.23. The van der Waals surface area contributed by atoms with E-state index in [2.05, 4.69) is 10.3 Å². The summed E-state index contributed by atoms with van der Waals surface area (Å²) in [6.07, 6.45) is 3.83. The van der Waals surface area contributed by atoms with Gasteiger partial charge in [0.25, 0.3) is 0 Å². The average Bonchev–Trinajstić information content (AvgIpc) is 2.73. The van der Waals surface area contributed by atoms with E-state index in [1.807, 2.05) is 17.7 Å². The van der Waals surface area contributed by atoms with Crippen molar-refractivity contribution in [3.05, 3.63) is 18.2 Å². The number of carbonyl (C=O) groups excluding carboxylic acids is 2. The van der Waals surface area contributed by atoms with Gasteiger partial charge in [-0.3, -0.25) is 0 Å². The molecule has 19 heavy (non-hydrogen) atoms. The number of aryl methyl sites for hydroxylation is 1.